The summed E-state index contributed by atoms with van der Waals surface area (Å²) >= 11 is 6.11. The first-order valence-electron chi connectivity index (χ1n) is 18.1. The van der Waals surface area contributed by atoms with Crippen LogP contribution in [0.3, 0.4) is 0 Å². The maximum absolute atomic E-state index is 14.6. The second kappa shape index (κ2) is 13.5. The van der Waals surface area contributed by atoms with E-state index in [1.165, 1.54) is 17.0 Å². The summed E-state index contributed by atoms with van der Waals surface area (Å²) < 4.78 is 25.0. The minimum atomic E-state index is -1.29. The van der Waals surface area contributed by atoms with Gasteiger partial charge in [0.2, 0.25) is 23.6 Å². The van der Waals surface area contributed by atoms with Crippen molar-refractivity contribution in [3.8, 4) is 17.2 Å². The van der Waals surface area contributed by atoms with Gasteiger partial charge in [-0.3, -0.25) is 24.1 Å². The van der Waals surface area contributed by atoms with E-state index in [0.29, 0.717) is 28.3 Å². The fourth-order valence-corrected chi connectivity index (χ4v) is 9.44. The number of allylic oxidation sites excluding steroid dienone is 2. The highest BCUT2D eigenvalue weighted by Crippen LogP contribution is 2.64. The Morgan fingerprint density at radius 2 is 1.58 bits per heavy atom. The van der Waals surface area contributed by atoms with Gasteiger partial charge in [-0.2, -0.15) is 0 Å². The Kier molecular flexibility index (Phi) is 8.92. The third-order valence-corrected chi connectivity index (χ3v) is 12.3. The van der Waals surface area contributed by atoms with Gasteiger partial charge < -0.3 is 14.6 Å². The molecule has 2 aliphatic carbocycles. The minimum absolute atomic E-state index is 0.0839. The molecule has 6 atom stereocenters. The van der Waals surface area contributed by atoms with Gasteiger partial charge in [-0.15, -0.1) is 0 Å². The molecule has 1 saturated carbocycles. The fraction of sp³-hybridized carbons (Fsp3) is 0.273. The number of fused-ring (bicyclic) bond motifs is 4. The molecule has 0 unspecified atom stereocenters. The number of imide groups is 2. The molecule has 55 heavy (non-hydrogen) atoms. The van der Waals surface area contributed by atoms with Crippen LogP contribution >= 0.6 is 11.6 Å². The van der Waals surface area contributed by atoms with Crippen LogP contribution in [0, 0.1) is 41.8 Å². The molecule has 0 bridgehead atoms. The number of rotatable bonds is 7. The summed E-state index contributed by atoms with van der Waals surface area (Å²) in [5.74, 6) is -4.26. The van der Waals surface area contributed by atoms with Crippen LogP contribution in [0.5, 0.6) is 17.2 Å². The van der Waals surface area contributed by atoms with Gasteiger partial charge >= 0.3 is 0 Å². The van der Waals surface area contributed by atoms with Crippen molar-refractivity contribution in [1.82, 2.24) is 0 Å². The Morgan fingerprint density at radius 1 is 0.836 bits per heavy atom. The number of hydrogen-bond acceptors (Lipinski definition) is 7. The highest BCUT2D eigenvalue weighted by molar-refractivity contribution is 6.32. The standard InChI is InChI=1S/C44H38ClFN2O7/c1-23-19-26(9-17-36(23)49)39-30-14-15-31-38(32(30)22-33-41(51)48(43(53)44(33,39)2)28-12-16-35(46)34(45)21-28)42(52)47(40(31)50)27-10-6-24(7-11-27)5-8-25-20-29(54-3)13-18-37(25)55-4/h5-14,16-21,31-33,38-39,49H,15,22H2,1-4H3/t31-,32+,33-,38-,39-,44+/m0/s1. The van der Waals surface area contributed by atoms with E-state index in [2.05, 4.69) is 0 Å². The Bertz CT molecular complexity index is 2360. The lowest BCUT2D eigenvalue weighted by atomic mass is 9.51. The normalized spacial score (nSPS) is 25.9. The quantitative estimate of drug-likeness (QED) is 0.115. The number of nitrogens with zero attached hydrogens (tertiary/aromatic N) is 2. The number of aromatic hydroxyl groups is 1. The molecule has 4 aromatic carbocycles. The second-order valence-corrected chi connectivity index (χ2v) is 15.3. The Hall–Kier alpha value is -5.74. The minimum Gasteiger partial charge on any atom is -0.508 e. The molecule has 0 aromatic heterocycles. The number of phenolic OH excluding ortho intramolecular Hbond substituents is 1. The SMILES string of the molecule is COc1ccc(OC)c(C=Cc2ccc(N3C(=O)[C@H]4[C@H](CC=C5[C@H]4C[C@H]4C(=O)N(c6ccc(F)c(Cl)c6)C(=O)[C@@]4(C)[C@H]5c4ccc(O)c(C)c4)C3=O)cc2)c1. The summed E-state index contributed by atoms with van der Waals surface area (Å²) in [6, 6.07) is 21.5. The van der Waals surface area contributed by atoms with Gasteiger partial charge in [0, 0.05) is 11.5 Å². The van der Waals surface area contributed by atoms with Crippen molar-refractivity contribution in [2.75, 3.05) is 24.0 Å². The van der Waals surface area contributed by atoms with Crippen molar-refractivity contribution in [3.63, 3.8) is 0 Å². The number of carbonyl (C=O) groups is 4. The predicted octanol–water partition coefficient (Wildman–Crippen LogP) is 8.12. The number of halogens is 2. The highest BCUT2D eigenvalue weighted by atomic mass is 35.5. The van der Waals surface area contributed by atoms with Crippen LogP contribution in [0.15, 0.2) is 90.5 Å². The molecule has 1 N–H and O–H groups in total. The number of amides is 4. The van der Waals surface area contributed by atoms with E-state index in [4.69, 9.17) is 21.1 Å². The molecule has 9 nitrogen and oxygen atoms in total. The second-order valence-electron chi connectivity index (χ2n) is 14.9. The molecule has 4 amide bonds. The summed E-state index contributed by atoms with van der Waals surface area (Å²) in [4.78, 5) is 60.0. The summed E-state index contributed by atoms with van der Waals surface area (Å²) in [6.45, 7) is 3.53. The van der Waals surface area contributed by atoms with Gasteiger partial charge in [-0.25, -0.2) is 9.29 Å². The largest absolute Gasteiger partial charge is 0.508 e. The van der Waals surface area contributed by atoms with E-state index in [0.717, 1.165) is 27.7 Å². The lowest BCUT2D eigenvalue weighted by molar-refractivity contribution is -0.131. The van der Waals surface area contributed by atoms with Crippen molar-refractivity contribution in [1.29, 1.82) is 0 Å². The maximum atomic E-state index is 14.6. The number of benzene rings is 4. The monoisotopic (exact) mass is 760 g/mol. The number of phenols is 1. The number of carbonyl (C=O) groups excluding carboxylic acids is 4. The van der Waals surface area contributed by atoms with Crippen molar-refractivity contribution < 1.29 is 38.1 Å². The van der Waals surface area contributed by atoms with Crippen LogP contribution in [0.2, 0.25) is 5.02 Å². The van der Waals surface area contributed by atoms with Gasteiger partial charge in [-0.05, 0) is 104 Å². The third kappa shape index (κ3) is 5.64. The number of ether oxygens (including phenoxy) is 2. The fourth-order valence-electron chi connectivity index (χ4n) is 9.27. The first-order chi connectivity index (χ1) is 26.4. The van der Waals surface area contributed by atoms with Crippen LogP contribution in [-0.2, 0) is 19.2 Å². The van der Waals surface area contributed by atoms with Crippen molar-refractivity contribution in [2.24, 2.45) is 29.1 Å². The van der Waals surface area contributed by atoms with Crippen molar-refractivity contribution in [2.45, 2.75) is 32.6 Å². The topological polar surface area (TPSA) is 113 Å². The van der Waals surface area contributed by atoms with Crippen LogP contribution < -0.4 is 19.3 Å². The molecule has 4 aliphatic rings. The van der Waals surface area contributed by atoms with Crippen LogP contribution in [0.4, 0.5) is 15.8 Å². The molecule has 2 saturated heterocycles. The molecule has 2 heterocycles. The first kappa shape index (κ1) is 36.2. The molecular weight excluding hydrogens is 723 g/mol. The lowest BCUT2D eigenvalue weighted by Gasteiger charge is -2.49. The highest BCUT2D eigenvalue weighted by Gasteiger charge is 2.67. The summed E-state index contributed by atoms with van der Waals surface area (Å²) in [5, 5.41) is 10.2. The van der Waals surface area contributed by atoms with Crippen LogP contribution in [0.1, 0.15) is 47.9 Å². The average Bonchev–Trinajstić information content (AvgIpc) is 3.55. The third-order valence-electron chi connectivity index (χ3n) is 12.0. The van der Waals surface area contributed by atoms with Crippen molar-refractivity contribution in [3.05, 3.63) is 124 Å². The Balaban J connectivity index is 1.14. The number of anilines is 2. The van der Waals surface area contributed by atoms with Gasteiger partial charge in [0.05, 0.1) is 53.8 Å². The van der Waals surface area contributed by atoms with E-state index in [-0.39, 0.29) is 41.1 Å². The van der Waals surface area contributed by atoms with E-state index in [1.54, 1.807) is 58.4 Å². The molecular formula is C44H38ClFN2O7. The zero-order valence-electron chi connectivity index (χ0n) is 30.6. The van der Waals surface area contributed by atoms with E-state index >= 15 is 0 Å². The maximum Gasteiger partial charge on any atom is 0.241 e. The molecule has 8 rings (SSSR count). The van der Waals surface area contributed by atoms with Gasteiger partial charge in [0.25, 0.3) is 0 Å². The number of aryl methyl sites for hydroxylation is 1. The number of methoxy groups -OCH3 is 2. The molecule has 0 spiro atoms. The summed E-state index contributed by atoms with van der Waals surface area (Å²) in [7, 11) is 3.19. The number of hydrogen-bond donors (Lipinski definition) is 1. The van der Waals surface area contributed by atoms with Crippen LogP contribution in [-0.4, -0.2) is 43.0 Å². The van der Waals surface area contributed by atoms with Gasteiger partial charge in [0.1, 0.15) is 23.1 Å². The smallest absolute Gasteiger partial charge is 0.241 e. The molecule has 280 valence electrons. The molecule has 2 aliphatic heterocycles. The lowest BCUT2D eigenvalue weighted by Crippen LogP contribution is -2.48. The molecule has 3 fully saturated rings. The molecule has 11 heteroatoms. The van der Waals surface area contributed by atoms with E-state index in [9.17, 15) is 28.7 Å². The molecule has 4 aromatic rings. The predicted molar refractivity (Wildman–Crippen MR) is 206 cm³/mol. The molecule has 0 radical (unpaired) electrons. The zero-order valence-corrected chi connectivity index (χ0v) is 31.3. The van der Waals surface area contributed by atoms with Gasteiger partial charge in [0.15, 0.2) is 0 Å². The summed E-state index contributed by atoms with van der Waals surface area (Å²) in [6.07, 6.45) is 6.22. The van der Waals surface area contributed by atoms with E-state index < -0.39 is 52.6 Å². The first-order valence-corrected chi connectivity index (χ1v) is 18.5. The van der Waals surface area contributed by atoms with Crippen LogP contribution in [0.25, 0.3) is 12.2 Å². The average molecular weight is 761 g/mol. The van der Waals surface area contributed by atoms with Gasteiger partial charge in [-0.1, -0.05) is 59.7 Å². The Morgan fingerprint density at radius 3 is 2.27 bits per heavy atom. The van der Waals surface area contributed by atoms with E-state index in [1.807, 2.05) is 48.6 Å². The zero-order chi connectivity index (χ0) is 38.9. The van der Waals surface area contributed by atoms with Crippen molar-refractivity contribution >= 4 is 58.8 Å². The Labute approximate surface area is 322 Å². The summed E-state index contributed by atoms with van der Waals surface area (Å²) in [5.41, 5.74) is 3.09.